The molecular formula is C15H14Cl2N2O2. The third-order valence-electron chi connectivity index (χ3n) is 3.05. The van der Waals surface area contributed by atoms with Gasteiger partial charge in [-0.25, -0.2) is 0 Å². The Labute approximate surface area is 133 Å². The Morgan fingerprint density at radius 2 is 1.90 bits per heavy atom. The highest BCUT2D eigenvalue weighted by Crippen LogP contribution is 2.32. The Kier molecular flexibility index (Phi) is 4.60. The van der Waals surface area contributed by atoms with Gasteiger partial charge in [-0.2, -0.15) is 0 Å². The Hall–Kier alpha value is -1.91. The van der Waals surface area contributed by atoms with E-state index in [2.05, 4.69) is 0 Å². The summed E-state index contributed by atoms with van der Waals surface area (Å²) in [6.07, 6.45) is 0. The first-order valence-electron chi connectivity index (χ1n) is 6.11. The van der Waals surface area contributed by atoms with Crippen LogP contribution in [0.3, 0.4) is 0 Å². The largest absolute Gasteiger partial charge is 0.495 e. The van der Waals surface area contributed by atoms with Crippen molar-refractivity contribution in [2.75, 3.05) is 24.8 Å². The van der Waals surface area contributed by atoms with Gasteiger partial charge in [0.2, 0.25) is 0 Å². The van der Waals surface area contributed by atoms with Crippen molar-refractivity contribution >= 4 is 40.5 Å². The number of hydrogen-bond acceptors (Lipinski definition) is 3. The number of nitrogens with zero attached hydrogens (tertiary/aromatic N) is 1. The summed E-state index contributed by atoms with van der Waals surface area (Å²) >= 11 is 11.9. The molecule has 0 aliphatic rings. The molecule has 2 aromatic carbocycles. The van der Waals surface area contributed by atoms with E-state index in [0.717, 1.165) is 0 Å². The van der Waals surface area contributed by atoms with Gasteiger partial charge in [0.15, 0.2) is 0 Å². The molecule has 4 nitrogen and oxygen atoms in total. The molecule has 0 saturated heterocycles. The monoisotopic (exact) mass is 324 g/mol. The number of amides is 1. The zero-order valence-corrected chi connectivity index (χ0v) is 13.1. The number of carbonyl (C=O) groups excluding carboxylic acids is 1. The average Bonchev–Trinajstić information content (AvgIpc) is 2.50. The molecule has 0 spiro atoms. The topological polar surface area (TPSA) is 55.6 Å². The van der Waals surface area contributed by atoms with Crippen molar-refractivity contribution in [3.05, 3.63) is 52.0 Å². The molecule has 6 heteroatoms. The highest BCUT2D eigenvalue weighted by Gasteiger charge is 2.18. The fraction of sp³-hybridized carbons (Fsp3) is 0.133. The predicted molar refractivity (Wildman–Crippen MR) is 86.6 cm³/mol. The van der Waals surface area contributed by atoms with Gasteiger partial charge in [0.25, 0.3) is 5.91 Å². The van der Waals surface area contributed by atoms with Crippen molar-refractivity contribution < 1.29 is 9.53 Å². The van der Waals surface area contributed by atoms with Crippen molar-refractivity contribution in [2.24, 2.45) is 0 Å². The lowest BCUT2D eigenvalue weighted by Gasteiger charge is -2.20. The van der Waals surface area contributed by atoms with Crippen molar-refractivity contribution in [1.82, 2.24) is 0 Å². The third kappa shape index (κ3) is 3.06. The molecule has 0 fully saturated rings. The van der Waals surface area contributed by atoms with E-state index < -0.39 is 0 Å². The summed E-state index contributed by atoms with van der Waals surface area (Å²) in [5.41, 5.74) is 7.01. The van der Waals surface area contributed by atoms with Gasteiger partial charge < -0.3 is 15.4 Å². The van der Waals surface area contributed by atoms with Gasteiger partial charge in [-0.15, -0.1) is 0 Å². The zero-order chi connectivity index (χ0) is 15.6. The quantitative estimate of drug-likeness (QED) is 0.872. The molecule has 0 aliphatic heterocycles. The molecule has 0 aliphatic carbocycles. The van der Waals surface area contributed by atoms with Gasteiger partial charge in [0.1, 0.15) is 5.75 Å². The number of rotatable bonds is 3. The van der Waals surface area contributed by atoms with Crippen LogP contribution in [-0.2, 0) is 0 Å². The van der Waals surface area contributed by atoms with Crippen LogP contribution < -0.4 is 15.4 Å². The van der Waals surface area contributed by atoms with Crippen LogP contribution in [0.4, 0.5) is 11.4 Å². The SMILES string of the molecule is COc1ccccc1N(C)C(=O)c1cc(N)c(Cl)c(Cl)c1. The first-order chi connectivity index (χ1) is 9.95. The number of nitrogens with two attached hydrogens (primary N) is 1. The standard InChI is InChI=1S/C15H14Cl2N2O2/c1-19(12-5-3-4-6-13(12)21-2)15(20)9-7-10(16)14(17)11(18)8-9/h3-8H,18H2,1-2H3. The van der Waals surface area contributed by atoms with Crippen LogP contribution in [0.25, 0.3) is 0 Å². The minimum atomic E-state index is -0.259. The Morgan fingerprint density at radius 1 is 1.24 bits per heavy atom. The Balaban J connectivity index is 2.40. The van der Waals surface area contributed by atoms with Crippen LogP contribution in [0.15, 0.2) is 36.4 Å². The smallest absolute Gasteiger partial charge is 0.258 e. The number of hydrogen-bond donors (Lipinski definition) is 1. The predicted octanol–water partition coefficient (Wildman–Crippen LogP) is 3.86. The average molecular weight is 325 g/mol. The molecule has 0 aromatic heterocycles. The summed E-state index contributed by atoms with van der Waals surface area (Å²) in [7, 11) is 3.20. The molecule has 0 atom stereocenters. The fourth-order valence-corrected chi connectivity index (χ4v) is 2.28. The van der Waals surface area contributed by atoms with Crippen LogP contribution in [0.1, 0.15) is 10.4 Å². The Morgan fingerprint density at radius 3 is 2.52 bits per heavy atom. The van der Waals surface area contributed by atoms with E-state index >= 15 is 0 Å². The van der Waals surface area contributed by atoms with Crippen molar-refractivity contribution in [3.8, 4) is 5.75 Å². The number of ether oxygens (including phenoxy) is 1. The van der Waals surface area contributed by atoms with E-state index in [4.69, 9.17) is 33.7 Å². The van der Waals surface area contributed by atoms with E-state index in [9.17, 15) is 4.79 Å². The van der Waals surface area contributed by atoms with Gasteiger partial charge in [-0.3, -0.25) is 4.79 Å². The second kappa shape index (κ2) is 6.24. The molecule has 2 aromatic rings. The molecule has 2 N–H and O–H groups in total. The lowest BCUT2D eigenvalue weighted by molar-refractivity contribution is 0.0992. The highest BCUT2D eigenvalue weighted by atomic mass is 35.5. The summed E-state index contributed by atoms with van der Waals surface area (Å²) < 4.78 is 5.25. The maximum Gasteiger partial charge on any atom is 0.258 e. The number of nitrogen functional groups attached to an aromatic ring is 1. The number of methoxy groups -OCH3 is 1. The van der Waals surface area contributed by atoms with Gasteiger partial charge in [-0.1, -0.05) is 35.3 Å². The molecule has 21 heavy (non-hydrogen) atoms. The van der Waals surface area contributed by atoms with E-state index in [0.29, 0.717) is 17.0 Å². The number of anilines is 2. The zero-order valence-electron chi connectivity index (χ0n) is 11.6. The molecule has 0 heterocycles. The molecule has 2 rings (SSSR count). The normalized spacial score (nSPS) is 10.3. The van der Waals surface area contributed by atoms with E-state index in [1.165, 1.54) is 17.0 Å². The fourth-order valence-electron chi connectivity index (χ4n) is 1.94. The number of para-hydroxylation sites is 2. The molecule has 110 valence electrons. The Bertz CT molecular complexity index is 666. The van der Waals surface area contributed by atoms with Crippen LogP contribution in [0.2, 0.25) is 10.0 Å². The van der Waals surface area contributed by atoms with Crippen LogP contribution in [0, 0.1) is 0 Å². The van der Waals surface area contributed by atoms with E-state index in [-0.39, 0.29) is 21.6 Å². The molecule has 0 bridgehead atoms. The van der Waals surface area contributed by atoms with Crippen LogP contribution in [-0.4, -0.2) is 20.1 Å². The number of halogens is 2. The molecule has 0 saturated carbocycles. The summed E-state index contributed by atoms with van der Waals surface area (Å²) in [5.74, 6) is 0.339. The minimum absolute atomic E-state index is 0.244. The van der Waals surface area contributed by atoms with E-state index in [1.54, 1.807) is 26.3 Å². The summed E-state index contributed by atoms with van der Waals surface area (Å²) in [6.45, 7) is 0. The maximum absolute atomic E-state index is 12.5. The lowest BCUT2D eigenvalue weighted by Crippen LogP contribution is -2.26. The maximum atomic E-state index is 12.5. The molecule has 0 unspecified atom stereocenters. The first kappa shape index (κ1) is 15.5. The van der Waals surface area contributed by atoms with E-state index in [1.807, 2.05) is 12.1 Å². The minimum Gasteiger partial charge on any atom is -0.495 e. The number of carbonyl (C=O) groups is 1. The highest BCUT2D eigenvalue weighted by molar-refractivity contribution is 6.44. The van der Waals surface area contributed by atoms with Gasteiger partial charge >= 0.3 is 0 Å². The van der Waals surface area contributed by atoms with Gasteiger partial charge in [0, 0.05) is 12.6 Å². The van der Waals surface area contributed by atoms with Gasteiger partial charge in [0.05, 0.1) is 28.5 Å². The molecular weight excluding hydrogens is 311 g/mol. The summed E-state index contributed by atoms with van der Waals surface area (Å²) in [4.78, 5) is 14.0. The second-order valence-corrected chi connectivity index (χ2v) is 5.18. The van der Waals surface area contributed by atoms with Crippen molar-refractivity contribution in [2.45, 2.75) is 0 Å². The van der Waals surface area contributed by atoms with Crippen molar-refractivity contribution in [1.29, 1.82) is 0 Å². The first-order valence-corrected chi connectivity index (χ1v) is 6.87. The second-order valence-electron chi connectivity index (χ2n) is 4.40. The summed E-state index contributed by atoms with van der Waals surface area (Å²) in [5, 5.41) is 0.488. The summed E-state index contributed by atoms with van der Waals surface area (Å²) in [6, 6.07) is 10.2. The van der Waals surface area contributed by atoms with Crippen molar-refractivity contribution in [3.63, 3.8) is 0 Å². The third-order valence-corrected chi connectivity index (χ3v) is 3.87. The van der Waals surface area contributed by atoms with Crippen LogP contribution >= 0.6 is 23.2 Å². The molecule has 1 amide bonds. The lowest BCUT2D eigenvalue weighted by atomic mass is 10.1. The number of benzene rings is 2. The molecule has 0 radical (unpaired) electrons. The van der Waals surface area contributed by atoms with Crippen LogP contribution in [0.5, 0.6) is 5.75 Å². The van der Waals surface area contributed by atoms with Gasteiger partial charge in [-0.05, 0) is 24.3 Å².